The number of aromatic nitrogens is 2. The standard InChI is InChI=1S/C20H21ClN4S/c1-13-8-9-14(2)18(10-13)22-20(26)23-19-11-15(3)25(24-19)12-16-6-4-5-7-17(16)21/h4-11H,12H2,1-3H3,(H2,22,23,24,26). The van der Waals surface area contributed by atoms with Crippen molar-refractivity contribution in [2.24, 2.45) is 0 Å². The third-order valence-corrected chi connectivity index (χ3v) is 4.71. The number of hydrogen-bond acceptors (Lipinski definition) is 2. The second kappa shape index (κ2) is 7.89. The van der Waals surface area contributed by atoms with Crippen LogP contribution < -0.4 is 10.6 Å². The summed E-state index contributed by atoms with van der Waals surface area (Å²) >= 11 is 11.7. The second-order valence-corrected chi connectivity index (χ2v) is 7.13. The van der Waals surface area contributed by atoms with Crippen molar-refractivity contribution in [3.63, 3.8) is 0 Å². The first kappa shape index (κ1) is 18.4. The molecule has 3 rings (SSSR count). The molecule has 2 N–H and O–H groups in total. The molecule has 0 unspecified atom stereocenters. The average molecular weight is 385 g/mol. The summed E-state index contributed by atoms with van der Waals surface area (Å²) in [5.41, 5.74) is 5.38. The maximum absolute atomic E-state index is 6.25. The van der Waals surface area contributed by atoms with Crippen LogP contribution in [0.4, 0.5) is 11.5 Å². The molecule has 0 spiro atoms. The van der Waals surface area contributed by atoms with Crippen LogP contribution in [0.3, 0.4) is 0 Å². The number of anilines is 2. The molecule has 2 aromatic carbocycles. The van der Waals surface area contributed by atoms with Crippen molar-refractivity contribution in [1.82, 2.24) is 9.78 Å². The normalized spacial score (nSPS) is 10.6. The molecule has 0 saturated heterocycles. The van der Waals surface area contributed by atoms with Crippen molar-refractivity contribution in [1.29, 1.82) is 0 Å². The quantitative estimate of drug-likeness (QED) is 0.597. The van der Waals surface area contributed by atoms with Crippen LogP contribution in [0.2, 0.25) is 5.02 Å². The molecule has 0 aliphatic rings. The molecule has 0 aliphatic heterocycles. The van der Waals surface area contributed by atoms with Crippen LogP contribution in [0.1, 0.15) is 22.4 Å². The zero-order chi connectivity index (χ0) is 18.7. The highest BCUT2D eigenvalue weighted by atomic mass is 35.5. The number of hydrogen-bond donors (Lipinski definition) is 2. The Bertz CT molecular complexity index is 949. The third kappa shape index (κ3) is 4.42. The maximum atomic E-state index is 6.25. The molecular formula is C20H21ClN4S. The molecule has 0 fully saturated rings. The number of thiocarbonyl (C=S) groups is 1. The van der Waals surface area contributed by atoms with Gasteiger partial charge in [-0.2, -0.15) is 5.10 Å². The van der Waals surface area contributed by atoms with Crippen LogP contribution in [-0.4, -0.2) is 14.9 Å². The highest BCUT2D eigenvalue weighted by molar-refractivity contribution is 7.80. The zero-order valence-electron chi connectivity index (χ0n) is 15.0. The lowest BCUT2D eigenvalue weighted by atomic mass is 10.1. The fourth-order valence-corrected chi connectivity index (χ4v) is 3.07. The minimum Gasteiger partial charge on any atom is -0.332 e. The summed E-state index contributed by atoms with van der Waals surface area (Å²) in [4.78, 5) is 0. The second-order valence-electron chi connectivity index (χ2n) is 6.32. The Balaban J connectivity index is 1.70. The van der Waals surface area contributed by atoms with E-state index in [4.69, 9.17) is 23.8 Å². The largest absolute Gasteiger partial charge is 0.332 e. The topological polar surface area (TPSA) is 41.9 Å². The van der Waals surface area contributed by atoms with Gasteiger partial charge in [-0.15, -0.1) is 0 Å². The molecule has 0 aliphatic carbocycles. The first-order chi connectivity index (χ1) is 12.4. The van der Waals surface area contributed by atoms with Gasteiger partial charge in [0.2, 0.25) is 0 Å². The van der Waals surface area contributed by atoms with E-state index in [9.17, 15) is 0 Å². The summed E-state index contributed by atoms with van der Waals surface area (Å²) < 4.78 is 1.91. The molecule has 3 aromatic rings. The minimum atomic E-state index is 0.515. The summed E-state index contributed by atoms with van der Waals surface area (Å²) in [7, 11) is 0. The van der Waals surface area contributed by atoms with Crippen LogP contribution in [0.25, 0.3) is 0 Å². The van der Waals surface area contributed by atoms with E-state index >= 15 is 0 Å². The Morgan fingerprint density at radius 2 is 1.85 bits per heavy atom. The van der Waals surface area contributed by atoms with Crippen LogP contribution in [-0.2, 0) is 6.54 Å². The summed E-state index contributed by atoms with van der Waals surface area (Å²) in [6, 6.07) is 16.0. The van der Waals surface area contributed by atoms with Gasteiger partial charge in [0.1, 0.15) is 0 Å². The summed E-state index contributed by atoms with van der Waals surface area (Å²) in [5, 5.41) is 12.2. The molecule has 26 heavy (non-hydrogen) atoms. The fourth-order valence-electron chi connectivity index (χ4n) is 2.66. The van der Waals surface area contributed by atoms with Gasteiger partial charge in [0.15, 0.2) is 10.9 Å². The lowest BCUT2D eigenvalue weighted by molar-refractivity contribution is 0.668. The molecule has 0 bridgehead atoms. The number of nitrogens with zero attached hydrogens (tertiary/aromatic N) is 2. The van der Waals surface area contributed by atoms with Crippen molar-refractivity contribution in [3.05, 3.63) is 75.9 Å². The van der Waals surface area contributed by atoms with Crippen molar-refractivity contribution in [2.75, 3.05) is 10.6 Å². The van der Waals surface area contributed by atoms with E-state index in [1.807, 2.05) is 48.9 Å². The first-order valence-electron chi connectivity index (χ1n) is 8.35. The first-order valence-corrected chi connectivity index (χ1v) is 9.14. The Morgan fingerprint density at radius 3 is 2.62 bits per heavy atom. The molecule has 6 heteroatoms. The van der Waals surface area contributed by atoms with Crippen LogP contribution >= 0.6 is 23.8 Å². The smallest absolute Gasteiger partial charge is 0.176 e. The highest BCUT2D eigenvalue weighted by Gasteiger charge is 2.09. The molecular weight excluding hydrogens is 364 g/mol. The predicted octanol–water partition coefficient (Wildman–Crippen LogP) is 5.32. The third-order valence-electron chi connectivity index (χ3n) is 4.14. The summed E-state index contributed by atoms with van der Waals surface area (Å²) in [5.74, 6) is 0.706. The van der Waals surface area contributed by atoms with Gasteiger partial charge in [-0.05, 0) is 61.8 Å². The molecule has 0 saturated carbocycles. The molecule has 0 amide bonds. The number of halogens is 1. The summed E-state index contributed by atoms with van der Waals surface area (Å²) in [6.07, 6.45) is 0. The molecule has 1 heterocycles. The van der Waals surface area contributed by atoms with Gasteiger partial charge in [-0.3, -0.25) is 4.68 Å². The lowest BCUT2D eigenvalue weighted by Gasteiger charge is -2.12. The van der Waals surface area contributed by atoms with Crippen molar-refractivity contribution >= 4 is 40.4 Å². The average Bonchev–Trinajstić information content (AvgIpc) is 2.92. The lowest BCUT2D eigenvalue weighted by Crippen LogP contribution is -2.20. The van der Waals surface area contributed by atoms with E-state index in [-0.39, 0.29) is 0 Å². The van der Waals surface area contributed by atoms with Gasteiger partial charge in [0.05, 0.1) is 6.54 Å². The Kier molecular flexibility index (Phi) is 5.59. The van der Waals surface area contributed by atoms with Gasteiger partial charge in [-0.1, -0.05) is 41.9 Å². The van der Waals surface area contributed by atoms with Crippen LogP contribution in [0.15, 0.2) is 48.5 Å². The number of rotatable bonds is 4. The molecule has 0 radical (unpaired) electrons. The highest BCUT2D eigenvalue weighted by Crippen LogP contribution is 2.19. The van der Waals surface area contributed by atoms with Gasteiger partial charge in [-0.25, -0.2) is 0 Å². The van der Waals surface area contributed by atoms with Crippen molar-refractivity contribution in [2.45, 2.75) is 27.3 Å². The minimum absolute atomic E-state index is 0.515. The van der Waals surface area contributed by atoms with Gasteiger partial charge in [0.25, 0.3) is 0 Å². The monoisotopic (exact) mass is 384 g/mol. The Labute approximate surface area is 164 Å². The predicted molar refractivity (Wildman–Crippen MR) is 113 cm³/mol. The molecule has 1 aromatic heterocycles. The Morgan fingerprint density at radius 1 is 1.08 bits per heavy atom. The molecule has 4 nitrogen and oxygen atoms in total. The number of benzene rings is 2. The molecule has 134 valence electrons. The summed E-state index contributed by atoms with van der Waals surface area (Å²) in [6.45, 7) is 6.73. The van der Waals surface area contributed by atoms with E-state index < -0.39 is 0 Å². The Hall–Kier alpha value is -2.37. The number of aryl methyl sites for hydroxylation is 3. The van der Waals surface area contributed by atoms with E-state index in [0.29, 0.717) is 17.5 Å². The van der Waals surface area contributed by atoms with E-state index in [1.165, 1.54) is 5.56 Å². The van der Waals surface area contributed by atoms with E-state index in [0.717, 1.165) is 27.5 Å². The zero-order valence-corrected chi connectivity index (χ0v) is 16.6. The SMILES string of the molecule is Cc1ccc(C)c(NC(=S)Nc2cc(C)n(Cc3ccccc3Cl)n2)c1. The van der Waals surface area contributed by atoms with Crippen LogP contribution in [0.5, 0.6) is 0 Å². The van der Waals surface area contributed by atoms with Gasteiger partial charge >= 0.3 is 0 Å². The van der Waals surface area contributed by atoms with E-state index in [1.54, 1.807) is 0 Å². The van der Waals surface area contributed by atoms with Crippen molar-refractivity contribution in [3.8, 4) is 0 Å². The van der Waals surface area contributed by atoms with Crippen LogP contribution in [0, 0.1) is 20.8 Å². The maximum Gasteiger partial charge on any atom is 0.176 e. The number of nitrogens with one attached hydrogen (secondary N) is 2. The molecule has 0 atom stereocenters. The fraction of sp³-hybridized carbons (Fsp3) is 0.200. The van der Waals surface area contributed by atoms with Gasteiger partial charge in [0, 0.05) is 22.5 Å². The van der Waals surface area contributed by atoms with E-state index in [2.05, 4.69) is 40.9 Å². The van der Waals surface area contributed by atoms with Gasteiger partial charge < -0.3 is 10.6 Å². The van der Waals surface area contributed by atoms with Crippen molar-refractivity contribution < 1.29 is 0 Å².